The number of amides is 1. The van der Waals surface area contributed by atoms with Crippen LogP contribution in [0.15, 0.2) is 47.4 Å². The van der Waals surface area contributed by atoms with Gasteiger partial charge in [0.05, 0.1) is 29.2 Å². The lowest BCUT2D eigenvalue weighted by Crippen LogP contribution is -2.68. The van der Waals surface area contributed by atoms with Gasteiger partial charge in [-0.1, -0.05) is 18.7 Å². The minimum absolute atomic E-state index is 0.167. The van der Waals surface area contributed by atoms with Gasteiger partial charge in [-0.25, -0.2) is 0 Å². The standard InChI is InChI=1S/C22H22N2O8/c1-7-8-5-4-6-9(25)11(8)16(26)12-10(7)17(27)14-15(24(2)3)18(28)13(21(23)31)20(30)22(14,32)19(12)29/h4-6,10,14-15,17,25,27-29,32H,1H2,2-3H3,(H2,23,31)/t10-,14-,15+,17+,22?/m1/s1. The van der Waals surface area contributed by atoms with E-state index in [1.807, 2.05) is 0 Å². The summed E-state index contributed by atoms with van der Waals surface area (Å²) in [4.78, 5) is 39.7. The number of rotatable bonds is 2. The molecular formula is C22H22N2O8. The van der Waals surface area contributed by atoms with E-state index in [2.05, 4.69) is 6.58 Å². The van der Waals surface area contributed by atoms with Crippen molar-refractivity contribution in [1.29, 1.82) is 0 Å². The van der Waals surface area contributed by atoms with Crippen LogP contribution in [0, 0.1) is 11.8 Å². The summed E-state index contributed by atoms with van der Waals surface area (Å²) in [5.74, 6) is -8.77. The summed E-state index contributed by atoms with van der Waals surface area (Å²) in [6, 6.07) is 2.92. The van der Waals surface area contributed by atoms with Crippen molar-refractivity contribution in [2.45, 2.75) is 17.7 Å². The predicted octanol–water partition coefficient (Wildman–Crippen LogP) is -0.438. The number of likely N-dealkylation sites (N-methyl/N-ethyl adjacent to an activating group) is 1. The van der Waals surface area contributed by atoms with Crippen LogP contribution < -0.4 is 5.73 Å². The highest BCUT2D eigenvalue weighted by molar-refractivity contribution is 6.25. The van der Waals surface area contributed by atoms with E-state index in [0.29, 0.717) is 0 Å². The van der Waals surface area contributed by atoms with E-state index < -0.39 is 75.5 Å². The fourth-order valence-corrected chi connectivity index (χ4v) is 5.22. The van der Waals surface area contributed by atoms with E-state index in [1.165, 1.54) is 37.2 Å². The highest BCUT2D eigenvalue weighted by atomic mass is 16.4. The molecule has 10 heteroatoms. The molecule has 0 bridgehead atoms. The van der Waals surface area contributed by atoms with E-state index >= 15 is 0 Å². The first-order chi connectivity index (χ1) is 14.9. The van der Waals surface area contributed by atoms with Gasteiger partial charge in [0.1, 0.15) is 22.8 Å². The first-order valence-corrected chi connectivity index (χ1v) is 9.71. The van der Waals surface area contributed by atoms with Gasteiger partial charge < -0.3 is 31.3 Å². The summed E-state index contributed by atoms with van der Waals surface area (Å²) in [5, 5.41) is 54.8. The van der Waals surface area contributed by atoms with Crippen LogP contribution in [0.2, 0.25) is 0 Å². The maximum absolute atomic E-state index is 13.3. The monoisotopic (exact) mass is 442 g/mol. The molecule has 1 unspecified atom stereocenters. The zero-order chi connectivity index (χ0) is 23.9. The Bertz CT molecular complexity index is 1180. The van der Waals surface area contributed by atoms with E-state index in [9.17, 15) is 39.9 Å². The van der Waals surface area contributed by atoms with Gasteiger partial charge in [-0.3, -0.25) is 19.3 Å². The lowest BCUT2D eigenvalue weighted by molar-refractivity contribution is -0.159. The van der Waals surface area contributed by atoms with Crippen molar-refractivity contribution in [1.82, 2.24) is 4.90 Å². The van der Waals surface area contributed by atoms with Gasteiger partial charge in [0.2, 0.25) is 5.78 Å². The van der Waals surface area contributed by atoms with Crippen molar-refractivity contribution in [3.63, 3.8) is 0 Å². The van der Waals surface area contributed by atoms with Crippen molar-refractivity contribution < 1.29 is 39.9 Å². The molecule has 3 aliphatic rings. The van der Waals surface area contributed by atoms with Gasteiger partial charge in [-0.2, -0.15) is 0 Å². The van der Waals surface area contributed by atoms with Gasteiger partial charge >= 0.3 is 0 Å². The Morgan fingerprint density at radius 2 is 1.81 bits per heavy atom. The average Bonchev–Trinajstić information content (AvgIpc) is 2.70. The fraction of sp³-hybridized carbons (Fsp3) is 0.318. The molecule has 5 atom stereocenters. The second-order valence-corrected chi connectivity index (χ2v) is 8.44. The Balaban J connectivity index is 2.07. The zero-order valence-electron chi connectivity index (χ0n) is 17.2. The maximum atomic E-state index is 13.3. The second kappa shape index (κ2) is 6.76. The number of Topliss-reactive ketones (excluding diaryl/α,β-unsaturated/α-hetero) is 2. The minimum Gasteiger partial charge on any atom is -0.510 e. The largest absolute Gasteiger partial charge is 0.510 e. The lowest BCUT2D eigenvalue weighted by atomic mass is 9.56. The van der Waals surface area contributed by atoms with Crippen molar-refractivity contribution >= 4 is 23.0 Å². The third kappa shape index (κ3) is 2.42. The van der Waals surface area contributed by atoms with Crippen molar-refractivity contribution in [3.8, 4) is 5.75 Å². The second-order valence-electron chi connectivity index (χ2n) is 8.44. The van der Waals surface area contributed by atoms with Crippen LogP contribution >= 0.6 is 0 Å². The molecule has 32 heavy (non-hydrogen) atoms. The number of hydrogen-bond acceptors (Lipinski definition) is 9. The summed E-state index contributed by atoms with van der Waals surface area (Å²) < 4.78 is 0. The van der Waals surface area contributed by atoms with Crippen LogP contribution in [0.4, 0.5) is 0 Å². The summed E-state index contributed by atoms with van der Waals surface area (Å²) in [6.45, 7) is 3.91. The number of phenolic OH excluding ortho intramolecular Hbond substituents is 1. The predicted molar refractivity (Wildman–Crippen MR) is 110 cm³/mol. The summed E-state index contributed by atoms with van der Waals surface area (Å²) >= 11 is 0. The molecular weight excluding hydrogens is 420 g/mol. The Morgan fingerprint density at radius 3 is 2.38 bits per heavy atom. The number of hydrogen-bond donors (Lipinski definition) is 6. The third-order valence-electron chi connectivity index (χ3n) is 6.61. The van der Waals surface area contributed by atoms with E-state index in [1.54, 1.807) is 0 Å². The molecule has 10 nitrogen and oxygen atoms in total. The van der Waals surface area contributed by atoms with Crippen LogP contribution in [0.5, 0.6) is 5.75 Å². The first-order valence-electron chi connectivity index (χ1n) is 9.71. The molecule has 0 saturated carbocycles. The van der Waals surface area contributed by atoms with E-state index in [-0.39, 0.29) is 16.7 Å². The number of carbonyl (C=O) groups is 3. The highest BCUT2D eigenvalue weighted by Crippen LogP contribution is 2.54. The number of aromatic hydroxyl groups is 1. The molecule has 1 amide bonds. The number of ketones is 2. The van der Waals surface area contributed by atoms with Crippen molar-refractivity contribution in [2.24, 2.45) is 17.6 Å². The molecule has 0 aromatic heterocycles. The molecule has 1 aromatic rings. The fourth-order valence-electron chi connectivity index (χ4n) is 5.22. The summed E-state index contributed by atoms with van der Waals surface area (Å²) in [7, 11) is 2.93. The smallest absolute Gasteiger partial charge is 0.255 e. The molecule has 168 valence electrons. The van der Waals surface area contributed by atoms with Gasteiger partial charge in [-0.15, -0.1) is 0 Å². The number of aliphatic hydroxyl groups excluding tert-OH is 3. The van der Waals surface area contributed by atoms with Crippen LogP contribution in [-0.2, 0) is 9.59 Å². The number of primary amides is 1. The number of aliphatic hydroxyl groups is 4. The molecule has 7 N–H and O–H groups in total. The van der Waals surface area contributed by atoms with Gasteiger partial charge in [-0.05, 0) is 31.3 Å². The topological polar surface area (TPSA) is 182 Å². The molecule has 0 heterocycles. The van der Waals surface area contributed by atoms with E-state index in [0.717, 1.165) is 0 Å². The molecule has 1 aromatic carbocycles. The number of benzene rings is 1. The quantitative estimate of drug-likeness (QED) is 0.331. The summed E-state index contributed by atoms with van der Waals surface area (Å²) in [5.41, 5.74) is 1.06. The molecule has 0 aliphatic heterocycles. The van der Waals surface area contributed by atoms with E-state index in [4.69, 9.17) is 5.73 Å². The molecule has 0 saturated heterocycles. The van der Waals surface area contributed by atoms with Crippen LogP contribution in [-0.4, -0.2) is 79.7 Å². The molecule has 4 rings (SSSR count). The zero-order valence-corrected chi connectivity index (χ0v) is 17.2. The minimum atomic E-state index is -2.94. The number of fused-ring (bicyclic) bond motifs is 3. The molecule has 3 aliphatic carbocycles. The normalized spacial score (nSPS) is 32.1. The summed E-state index contributed by atoms with van der Waals surface area (Å²) in [6.07, 6.45) is -1.69. The van der Waals surface area contributed by atoms with Gasteiger partial charge in [0, 0.05) is 5.92 Å². The SMILES string of the molecule is C=C1c2cccc(O)c2C(=O)C2=C(O)C3(O)C(=O)C(C(N)=O)=C(O)[C@@H](N(C)C)[C@@H]3[C@@H](O)[C@H]12. The van der Waals surface area contributed by atoms with Crippen molar-refractivity contribution in [3.05, 3.63) is 58.6 Å². The number of nitrogens with zero attached hydrogens (tertiary/aromatic N) is 1. The van der Waals surface area contributed by atoms with Crippen LogP contribution in [0.25, 0.3) is 5.57 Å². The van der Waals surface area contributed by atoms with Gasteiger partial charge in [0.25, 0.3) is 5.91 Å². The number of phenols is 1. The third-order valence-corrected chi connectivity index (χ3v) is 6.61. The van der Waals surface area contributed by atoms with Gasteiger partial charge in [0.15, 0.2) is 11.4 Å². The first kappa shape index (κ1) is 21.8. The Hall–Kier alpha value is -3.47. The van der Waals surface area contributed by atoms with Crippen LogP contribution in [0.3, 0.4) is 0 Å². The number of carbonyl (C=O) groups excluding carboxylic acids is 3. The highest BCUT2D eigenvalue weighted by Gasteiger charge is 2.67. The maximum Gasteiger partial charge on any atom is 0.255 e. The van der Waals surface area contributed by atoms with Crippen LogP contribution in [0.1, 0.15) is 15.9 Å². The molecule has 0 spiro atoms. The Morgan fingerprint density at radius 1 is 1.19 bits per heavy atom. The Kier molecular flexibility index (Phi) is 4.60. The van der Waals surface area contributed by atoms with Crippen molar-refractivity contribution in [2.75, 3.05) is 14.1 Å². The Labute approximate surface area is 182 Å². The molecule has 0 fully saturated rings. The average molecular weight is 442 g/mol. The lowest BCUT2D eigenvalue weighted by Gasteiger charge is -2.52. The molecule has 0 radical (unpaired) electrons. The number of nitrogens with two attached hydrogens (primary N) is 1.